The smallest absolute Gasteiger partial charge is 0.243 e. The summed E-state index contributed by atoms with van der Waals surface area (Å²) in [7, 11) is 0. The van der Waals surface area contributed by atoms with Gasteiger partial charge in [-0.3, -0.25) is 14.4 Å². The van der Waals surface area contributed by atoms with E-state index in [1.54, 1.807) is 35.0 Å². The fourth-order valence-corrected chi connectivity index (χ4v) is 5.24. The van der Waals surface area contributed by atoms with E-state index in [0.717, 1.165) is 5.56 Å². The van der Waals surface area contributed by atoms with Gasteiger partial charge in [-0.2, -0.15) is 0 Å². The number of carbonyl (C=O) groups excluding carboxylic acids is 3. The van der Waals surface area contributed by atoms with Gasteiger partial charge in [-0.05, 0) is 30.7 Å². The number of benzene rings is 3. The second kappa shape index (κ2) is 12.1. The summed E-state index contributed by atoms with van der Waals surface area (Å²) in [6.45, 7) is 1.17. The Labute approximate surface area is 240 Å². The highest BCUT2D eigenvalue weighted by molar-refractivity contribution is 6.30. The Balaban J connectivity index is 1.33. The molecule has 5 rings (SSSR count). The third kappa shape index (κ3) is 6.25. The molecule has 0 saturated carbocycles. The van der Waals surface area contributed by atoms with Crippen LogP contribution < -0.4 is 10.1 Å². The van der Waals surface area contributed by atoms with Crippen molar-refractivity contribution >= 4 is 40.1 Å². The molecule has 1 aliphatic rings. The second-order valence-corrected chi connectivity index (χ2v) is 10.4. The van der Waals surface area contributed by atoms with E-state index < -0.39 is 29.8 Å². The number of nitrogens with one attached hydrogen (secondary N) is 1. The fraction of sp³-hybridized carbons (Fsp3) is 0.258. The van der Waals surface area contributed by atoms with Crippen molar-refractivity contribution in [2.75, 3.05) is 6.54 Å². The van der Waals surface area contributed by atoms with Gasteiger partial charge in [0.2, 0.25) is 11.8 Å². The Kier molecular flexibility index (Phi) is 8.35. The van der Waals surface area contributed by atoms with Gasteiger partial charge in [-0.15, -0.1) is 0 Å². The average molecular weight is 580 g/mol. The summed E-state index contributed by atoms with van der Waals surface area (Å²) in [5.74, 6) is -1.34. The molecule has 1 aromatic heterocycles. The number of amides is 2. The minimum Gasteiger partial charge on any atom is -0.489 e. The summed E-state index contributed by atoms with van der Waals surface area (Å²) >= 11 is 5.81. The molecule has 2 heterocycles. The normalized spacial score (nSPS) is 16.6. The van der Waals surface area contributed by atoms with Crippen LogP contribution in [0.3, 0.4) is 0 Å². The number of rotatable bonds is 9. The van der Waals surface area contributed by atoms with Gasteiger partial charge in [0.1, 0.15) is 36.9 Å². The van der Waals surface area contributed by atoms with Gasteiger partial charge in [0.05, 0.1) is 17.1 Å². The number of halogens is 3. The van der Waals surface area contributed by atoms with Crippen LogP contribution in [0.2, 0.25) is 5.02 Å². The van der Waals surface area contributed by atoms with Crippen LogP contribution in [-0.4, -0.2) is 45.8 Å². The van der Waals surface area contributed by atoms with Crippen molar-refractivity contribution in [1.29, 1.82) is 0 Å². The number of fused-ring (bicyclic) bond motifs is 1. The molecule has 41 heavy (non-hydrogen) atoms. The molecule has 1 N–H and O–H groups in total. The first-order valence-corrected chi connectivity index (χ1v) is 13.5. The number of ketones is 1. The summed E-state index contributed by atoms with van der Waals surface area (Å²) < 4.78 is 36.3. The highest BCUT2D eigenvalue weighted by Gasteiger charge is 2.39. The number of ether oxygens (including phenoxy) is 1. The van der Waals surface area contributed by atoms with E-state index in [2.05, 4.69) is 5.32 Å². The van der Waals surface area contributed by atoms with Gasteiger partial charge < -0.3 is 19.5 Å². The molecule has 2 amide bonds. The number of likely N-dealkylation sites (tertiary alicyclic amines) is 1. The topological polar surface area (TPSA) is 80.6 Å². The zero-order valence-electron chi connectivity index (χ0n) is 22.3. The van der Waals surface area contributed by atoms with Crippen LogP contribution in [0.15, 0.2) is 72.9 Å². The van der Waals surface area contributed by atoms with Crippen molar-refractivity contribution in [3.63, 3.8) is 0 Å². The predicted octanol–water partition coefficient (Wildman–Crippen LogP) is 5.47. The number of nitrogens with zero attached hydrogens (tertiary/aromatic N) is 2. The first-order valence-electron chi connectivity index (χ1n) is 13.2. The molecule has 1 saturated heterocycles. The van der Waals surface area contributed by atoms with Crippen LogP contribution in [0, 0.1) is 5.82 Å². The maximum Gasteiger partial charge on any atom is 0.243 e. The van der Waals surface area contributed by atoms with E-state index in [-0.39, 0.29) is 42.4 Å². The van der Waals surface area contributed by atoms with Crippen LogP contribution in [0.4, 0.5) is 8.78 Å². The monoisotopic (exact) mass is 579 g/mol. The molecule has 10 heteroatoms. The van der Waals surface area contributed by atoms with Crippen LogP contribution in [-0.2, 0) is 29.3 Å². The Morgan fingerprint density at radius 3 is 2.61 bits per heavy atom. The van der Waals surface area contributed by atoms with Gasteiger partial charge in [-0.25, -0.2) is 8.78 Å². The molecular formula is C31H28ClF2N3O4. The highest BCUT2D eigenvalue weighted by atomic mass is 35.5. The molecule has 212 valence electrons. The minimum atomic E-state index is -1.38. The minimum absolute atomic E-state index is 0.0734. The Morgan fingerprint density at radius 2 is 1.85 bits per heavy atom. The standard InChI is InChI=1S/C31H28ClF2N3O4/c1-19(38)25-16-36(27-13-23(10-11-24(25)27)41-18-20-6-3-2-4-7-20)17-29(39)37-15-22(33)12-28(37)31(40)35-14-21-8-5-9-26(32)30(21)34/h2-11,13,16,22,28H,12,14-15,17-18H2,1H3,(H,35,40)/t22-,28+/m1/s1. The zero-order chi connectivity index (χ0) is 29.1. The maximum absolute atomic E-state index is 14.5. The number of Topliss-reactive ketones (excluding diaryl/α,β-unsaturated/α-hetero) is 1. The predicted molar refractivity (Wildman–Crippen MR) is 151 cm³/mol. The lowest BCUT2D eigenvalue weighted by Crippen LogP contribution is -2.46. The average Bonchev–Trinajstić information content (AvgIpc) is 3.53. The molecular weight excluding hydrogens is 552 g/mol. The van der Waals surface area contributed by atoms with Crippen molar-refractivity contribution in [2.45, 2.75) is 45.3 Å². The van der Waals surface area contributed by atoms with E-state index in [0.29, 0.717) is 28.8 Å². The van der Waals surface area contributed by atoms with Crippen LogP contribution in [0.25, 0.3) is 10.9 Å². The summed E-state index contributed by atoms with van der Waals surface area (Å²) in [5, 5.41) is 3.18. The quantitative estimate of drug-likeness (QED) is 0.267. The zero-order valence-corrected chi connectivity index (χ0v) is 23.0. The van der Waals surface area contributed by atoms with Crippen LogP contribution in [0.5, 0.6) is 5.75 Å². The fourth-order valence-electron chi connectivity index (χ4n) is 5.04. The molecule has 7 nitrogen and oxygen atoms in total. The largest absolute Gasteiger partial charge is 0.489 e. The molecule has 0 bridgehead atoms. The van der Waals surface area contributed by atoms with E-state index in [1.807, 2.05) is 30.3 Å². The van der Waals surface area contributed by atoms with Crippen LogP contribution in [0.1, 0.15) is 34.8 Å². The number of alkyl halides is 1. The summed E-state index contributed by atoms with van der Waals surface area (Å²) in [5.41, 5.74) is 2.20. The summed E-state index contributed by atoms with van der Waals surface area (Å²) in [6, 6.07) is 18.3. The Hall–Kier alpha value is -4.24. The van der Waals surface area contributed by atoms with Gasteiger partial charge in [0, 0.05) is 41.7 Å². The number of carbonyl (C=O) groups is 3. The van der Waals surface area contributed by atoms with Gasteiger partial charge in [-0.1, -0.05) is 54.1 Å². The Bertz CT molecular complexity index is 1610. The molecule has 4 aromatic rings. The molecule has 0 aliphatic carbocycles. The number of aromatic nitrogens is 1. The van der Waals surface area contributed by atoms with E-state index in [9.17, 15) is 23.2 Å². The Morgan fingerprint density at radius 1 is 1.07 bits per heavy atom. The van der Waals surface area contributed by atoms with Gasteiger partial charge in [0.25, 0.3) is 0 Å². The SMILES string of the molecule is CC(=O)c1cn(CC(=O)N2C[C@H](F)C[C@H]2C(=O)NCc2cccc(Cl)c2F)c2cc(OCc3ccccc3)ccc12. The molecule has 0 unspecified atom stereocenters. The molecule has 1 fully saturated rings. The second-order valence-electron chi connectivity index (χ2n) is 10.0. The first-order chi connectivity index (χ1) is 19.7. The molecule has 0 radical (unpaired) electrons. The third-order valence-electron chi connectivity index (χ3n) is 7.14. The van der Waals surface area contributed by atoms with Crippen molar-refractivity contribution in [1.82, 2.24) is 14.8 Å². The van der Waals surface area contributed by atoms with Crippen molar-refractivity contribution < 1.29 is 27.9 Å². The van der Waals surface area contributed by atoms with Gasteiger partial charge in [0.15, 0.2) is 5.78 Å². The lowest BCUT2D eigenvalue weighted by molar-refractivity contribution is -0.139. The van der Waals surface area contributed by atoms with Crippen LogP contribution >= 0.6 is 11.6 Å². The van der Waals surface area contributed by atoms with E-state index in [4.69, 9.17) is 16.3 Å². The molecule has 3 aromatic carbocycles. The first kappa shape index (κ1) is 28.3. The summed E-state index contributed by atoms with van der Waals surface area (Å²) in [4.78, 5) is 40.0. The highest BCUT2D eigenvalue weighted by Crippen LogP contribution is 2.28. The lowest BCUT2D eigenvalue weighted by Gasteiger charge is -2.24. The van der Waals surface area contributed by atoms with Crippen molar-refractivity contribution in [3.05, 3.63) is 100 Å². The van der Waals surface area contributed by atoms with Gasteiger partial charge >= 0.3 is 0 Å². The number of hydrogen-bond acceptors (Lipinski definition) is 4. The van der Waals surface area contributed by atoms with Crippen molar-refractivity contribution in [3.8, 4) is 5.75 Å². The lowest BCUT2D eigenvalue weighted by atomic mass is 10.1. The van der Waals surface area contributed by atoms with E-state index >= 15 is 0 Å². The summed E-state index contributed by atoms with van der Waals surface area (Å²) in [6.07, 6.45) is 0.0362. The van der Waals surface area contributed by atoms with Crippen molar-refractivity contribution in [2.24, 2.45) is 0 Å². The molecule has 2 atom stereocenters. The molecule has 0 spiro atoms. The maximum atomic E-state index is 14.5. The van der Waals surface area contributed by atoms with E-state index in [1.165, 1.54) is 24.0 Å². The molecule has 1 aliphatic heterocycles. The number of hydrogen-bond donors (Lipinski definition) is 1. The third-order valence-corrected chi connectivity index (χ3v) is 7.44.